The van der Waals surface area contributed by atoms with Crippen molar-refractivity contribution in [2.75, 3.05) is 6.61 Å². The second-order valence-electron chi connectivity index (χ2n) is 9.24. The Balaban J connectivity index is 2.33. The van der Waals surface area contributed by atoms with E-state index in [1.54, 1.807) is 0 Å². The van der Waals surface area contributed by atoms with E-state index in [1.807, 2.05) is 17.4 Å². The number of unbranched alkanes of at least 4 members (excludes halogenated alkanes) is 1. The van der Waals surface area contributed by atoms with Crippen LogP contribution in [0.2, 0.25) is 0 Å². The van der Waals surface area contributed by atoms with Gasteiger partial charge in [-0.15, -0.1) is 16.4 Å². The van der Waals surface area contributed by atoms with Crippen molar-refractivity contribution in [3.63, 3.8) is 0 Å². The summed E-state index contributed by atoms with van der Waals surface area (Å²) < 4.78 is 8.28. The number of hydrogen-bond acceptors (Lipinski definition) is 3. The van der Waals surface area contributed by atoms with Gasteiger partial charge in [-0.2, -0.15) is 0 Å². The average molecular weight is 385 g/mol. The highest BCUT2D eigenvalue weighted by molar-refractivity contribution is 7.14. The highest BCUT2D eigenvalue weighted by Crippen LogP contribution is 2.47. The van der Waals surface area contributed by atoms with Gasteiger partial charge in [0.25, 0.3) is 0 Å². The fourth-order valence-corrected chi connectivity index (χ4v) is 4.61. The smallest absolute Gasteiger partial charge is 0.242 e. The van der Waals surface area contributed by atoms with Crippen LogP contribution in [0.5, 0.6) is 5.88 Å². The molecular formula is C23H32N2OS. The van der Waals surface area contributed by atoms with Gasteiger partial charge in [-0.05, 0) is 29.4 Å². The SMILES string of the molecule is CCCCOc1nn(-c2ccccc2)c2c(C(C)(C)C)sc(C(C)(C)C)c12. The van der Waals surface area contributed by atoms with Crippen molar-refractivity contribution in [1.29, 1.82) is 0 Å². The molecule has 0 unspecified atom stereocenters. The van der Waals surface area contributed by atoms with Gasteiger partial charge in [0.05, 0.1) is 23.2 Å². The summed E-state index contributed by atoms with van der Waals surface area (Å²) in [7, 11) is 0. The number of rotatable bonds is 5. The largest absolute Gasteiger partial charge is 0.476 e. The quantitative estimate of drug-likeness (QED) is 0.449. The van der Waals surface area contributed by atoms with Crippen LogP contribution in [0.15, 0.2) is 30.3 Å². The Kier molecular flexibility index (Phi) is 5.40. The van der Waals surface area contributed by atoms with Gasteiger partial charge >= 0.3 is 0 Å². The summed E-state index contributed by atoms with van der Waals surface area (Å²) in [6.45, 7) is 16.6. The molecule has 0 fully saturated rings. The Labute approximate surface area is 167 Å². The zero-order chi connectivity index (χ0) is 19.8. The number of benzene rings is 1. The Hall–Kier alpha value is -1.81. The van der Waals surface area contributed by atoms with E-state index in [1.165, 1.54) is 20.7 Å². The first-order valence-corrected chi connectivity index (χ1v) is 10.7. The van der Waals surface area contributed by atoms with Gasteiger partial charge < -0.3 is 4.74 Å². The van der Waals surface area contributed by atoms with Crippen LogP contribution < -0.4 is 4.74 Å². The summed E-state index contributed by atoms with van der Waals surface area (Å²) in [5.74, 6) is 0.777. The fourth-order valence-electron chi connectivity index (χ4n) is 3.22. The first-order valence-electron chi connectivity index (χ1n) is 9.89. The Bertz CT molecular complexity index is 908. The first-order chi connectivity index (χ1) is 12.6. The lowest BCUT2D eigenvalue weighted by Crippen LogP contribution is -2.11. The Morgan fingerprint density at radius 1 is 0.963 bits per heavy atom. The molecule has 0 spiro atoms. The van der Waals surface area contributed by atoms with Gasteiger partial charge in [-0.1, -0.05) is 73.1 Å². The van der Waals surface area contributed by atoms with E-state index in [2.05, 4.69) is 77.4 Å². The second-order valence-corrected chi connectivity index (χ2v) is 10.3. The van der Waals surface area contributed by atoms with Crippen molar-refractivity contribution in [2.24, 2.45) is 0 Å². The summed E-state index contributed by atoms with van der Waals surface area (Å²) in [4.78, 5) is 2.72. The van der Waals surface area contributed by atoms with Crippen LogP contribution in [0.4, 0.5) is 0 Å². The van der Waals surface area contributed by atoms with Gasteiger partial charge in [-0.25, -0.2) is 4.68 Å². The maximum Gasteiger partial charge on any atom is 0.242 e. The first kappa shape index (κ1) is 19.9. The molecule has 0 radical (unpaired) electrons. The van der Waals surface area contributed by atoms with Gasteiger partial charge in [0, 0.05) is 9.75 Å². The predicted octanol–water partition coefficient (Wildman–Crippen LogP) is 6.86. The van der Waals surface area contributed by atoms with Crippen LogP contribution in [0, 0.1) is 0 Å². The van der Waals surface area contributed by atoms with Gasteiger partial charge in [0.2, 0.25) is 5.88 Å². The van der Waals surface area contributed by atoms with Crippen molar-refractivity contribution in [3.05, 3.63) is 40.1 Å². The fraction of sp³-hybridized carbons (Fsp3) is 0.522. The molecule has 2 aromatic heterocycles. The molecule has 3 nitrogen and oxygen atoms in total. The Morgan fingerprint density at radius 3 is 2.15 bits per heavy atom. The molecule has 1 aromatic carbocycles. The molecular weight excluding hydrogens is 352 g/mol. The van der Waals surface area contributed by atoms with Gasteiger partial charge in [-0.3, -0.25) is 0 Å². The number of fused-ring (bicyclic) bond motifs is 1. The third-order valence-electron chi connectivity index (χ3n) is 4.60. The van der Waals surface area contributed by atoms with E-state index in [4.69, 9.17) is 9.84 Å². The highest BCUT2D eigenvalue weighted by Gasteiger charge is 2.33. The minimum absolute atomic E-state index is 0.0413. The summed E-state index contributed by atoms with van der Waals surface area (Å²) in [6, 6.07) is 10.4. The lowest BCUT2D eigenvalue weighted by atomic mass is 9.90. The lowest BCUT2D eigenvalue weighted by molar-refractivity contribution is 0.298. The third-order valence-corrected chi connectivity index (χ3v) is 6.63. The number of nitrogens with zero attached hydrogens (tertiary/aromatic N) is 2. The number of hydrogen-bond donors (Lipinski definition) is 0. The number of thiophene rings is 1. The minimum atomic E-state index is 0.0413. The summed E-state index contributed by atoms with van der Waals surface area (Å²) >= 11 is 1.91. The highest BCUT2D eigenvalue weighted by atomic mass is 32.1. The molecule has 3 rings (SSSR count). The van der Waals surface area contributed by atoms with Crippen LogP contribution in [0.25, 0.3) is 16.6 Å². The van der Waals surface area contributed by atoms with Crippen molar-refractivity contribution >= 4 is 22.2 Å². The molecule has 0 N–H and O–H groups in total. The molecule has 0 bridgehead atoms. The summed E-state index contributed by atoms with van der Waals surface area (Å²) in [6.07, 6.45) is 2.16. The third kappa shape index (κ3) is 3.91. The topological polar surface area (TPSA) is 27.1 Å². The van der Waals surface area contributed by atoms with Crippen LogP contribution in [-0.4, -0.2) is 16.4 Å². The van der Waals surface area contributed by atoms with E-state index in [0.29, 0.717) is 6.61 Å². The van der Waals surface area contributed by atoms with Crippen LogP contribution >= 0.6 is 11.3 Å². The molecule has 0 saturated carbocycles. The molecule has 0 saturated heterocycles. The monoisotopic (exact) mass is 384 g/mol. The molecule has 3 aromatic rings. The second kappa shape index (κ2) is 7.31. The van der Waals surface area contributed by atoms with E-state index < -0.39 is 0 Å². The minimum Gasteiger partial charge on any atom is -0.476 e. The molecule has 0 aliphatic heterocycles. The normalized spacial score (nSPS) is 12.7. The molecule has 0 atom stereocenters. The zero-order valence-electron chi connectivity index (χ0n) is 17.7. The maximum absolute atomic E-state index is 6.20. The number of ether oxygens (including phenoxy) is 1. The Morgan fingerprint density at radius 2 is 1.59 bits per heavy atom. The van der Waals surface area contributed by atoms with Crippen LogP contribution in [0.3, 0.4) is 0 Å². The molecule has 146 valence electrons. The van der Waals surface area contributed by atoms with Crippen molar-refractivity contribution in [2.45, 2.75) is 72.1 Å². The standard InChI is InChI=1S/C23H32N2OS/c1-8-9-15-26-21-17-18(25(24-21)16-13-11-10-12-14-16)20(23(5,6)7)27-19(17)22(2,3)4/h10-14H,8-9,15H2,1-7H3. The molecule has 0 amide bonds. The number of aromatic nitrogens is 2. The van der Waals surface area contributed by atoms with Crippen molar-refractivity contribution in [3.8, 4) is 11.6 Å². The zero-order valence-corrected chi connectivity index (χ0v) is 18.5. The summed E-state index contributed by atoms with van der Waals surface area (Å²) in [5.41, 5.74) is 2.37. The average Bonchev–Trinajstić information content (AvgIpc) is 3.14. The number of para-hydroxylation sites is 1. The molecule has 4 heteroatoms. The molecule has 2 heterocycles. The molecule has 27 heavy (non-hydrogen) atoms. The molecule has 0 aliphatic carbocycles. The van der Waals surface area contributed by atoms with E-state index >= 15 is 0 Å². The van der Waals surface area contributed by atoms with Gasteiger partial charge in [0.15, 0.2) is 0 Å². The van der Waals surface area contributed by atoms with Crippen LogP contribution in [-0.2, 0) is 10.8 Å². The van der Waals surface area contributed by atoms with E-state index in [0.717, 1.165) is 24.4 Å². The van der Waals surface area contributed by atoms with Gasteiger partial charge in [0.1, 0.15) is 0 Å². The van der Waals surface area contributed by atoms with E-state index in [9.17, 15) is 0 Å². The lowest BCUT2D eigenvalue weighted by Gasteiger charge is -2.19. The molecule has 0 aliphatic rings. The van der Waals surface area contributed by atoms with Crippen LogP contribution in [0.1, 0.15) is 71.1 Å². The predicted molar refractivity (Wildman–Crippen MR) is 117 cm³/mol. The van der Waals surface area contributed by atoms with Crippen molar-refractivity contribution in [1.82, 2.24) is 9.78 Å². The van der Waals surface area contributed by atoms with Crippen molar-refractivity contribution < 1.29 is 4.74 Å². The van der Waals surface area contributed by atoms with E-state index in [-0.39, 0.29) is 10.8 Å². The summed E-state index contributed by atoms with van der Waals surface area (Å²) in [5, 5.41) is 6.13. The maximum atomic E-state index is 6.20.